The number of hydrogen-bond acceptors (Lipinski definition) is 6. The average molecular weight is 551 g/mol. The van der Waals surface area contributed by atoms with E-state index in [2.05, 4.69) is 42.2 Å². The highest BCUT2D eigenvalue weighted by Crippen LogP contribution is 2.48. The standard InChI is InChI=1S/C30H31ClN2O4S/c1-18-21-10-5-12-24(34)29(35)27(21)30(36)33(20-8-6-14-37-15-20)17-32(18)28-22-9-2-3-13-25(22)38-16-19-7-4-11-23(31)26(19)28/h2-5,7,9,11-13,18,20-21,28,35H,6,8,10,14-17H2,1H3/t18?,20-,21?,28-/m1/s1. The Bertz CT molecular complexity index is 1340. The normalized spacial score (nSPS) is 28.2. The van der Waals surface area contributed by atoms with Crippen LogP contribution in [0.25, 0.3) is 0 Å². The van der Waals surface area contributed by atoms with Crippen LogP contribution in [0, 0.1) is 5.92 Å². The minimum absolute atomic E-state index is 0.141. The van der Waals surface area contributed by atoms with Gasteiger partial charge in [0.05, 0.1) is 30.9 Å². The number of allylic oxidation sites excluding steroid dienone is 2. The maximum Gasteiger partial charge on any atom is 0.255 e. The Hall–Kier alpha value is -2.58. The molecule has 2 unspecified atom stereocenters. The Morgan fingerprint density at radius 1 is 1.13 bits per heavy atom. The van der Waals surface area contributed by atoms with E-state index in [1.54, 1.807) is 17.8 Å². The highest BCUT2D eigenvalue weighted by atomic mass is 35.5. The third kappa shape index (κ3) is 4.39. The number of carbonyl (C=O) groups excluding carboxylic acids is 2. The number of aliphatic hydroxyl groups excluding tert-OH is 1. The number of amides is 1. The average Bonchev–Trinajstić information content (AvgIpc) is 3.24. The first-order valence-corrected chi connectivity index (χ1v) is 14.6. The molecule has 38 heavy (non-hydrogen) atoms. The van der Waals surface area contributed by atoms with Crippen molar-refractivity contribution in [2.24, 2.45) is 5.92 Å². The number of aliphatic hydroxyl groups is 1. The van der Waals surface area contributed by atoms with Gasteiger partial charge in [-0.25, -0.2) is 0 Å². The second kappa shape index (κ2) is 10.5. The molecule has 6 nitrogen and oxygen atoms in total. The van der Waals surface area contributed by atoms with Crippen LogP contribution in [0.1, 0.15) is 48.9 Å². The molecule has 4 atom stereocenters. The van der Waals surface area contributed by atoms with Crippen molar-refractivity contribution in [3.63, 3.8) is 0 Å². The van der Waals surface area contributed by atoms with Crippen LogP contribution >= 0.6 is 23.4 Å². The molecule has 0 saturated carbocycles. The van der Waals surface area contributed by atoms with E-state index in [4.69, 9.17) is 16.3 Å². The van der Waals surface area contributed by atoms with Gasteiger partial charge in [-0.2, -0.15) is 0 Å². The fourth-order valence-corrected chi connectivity index (χ4v) is 7.74. The number of nitrogens with zero attached hydrogens (tertiary/aromatic N) is 2. The SMILES string of the molecule is CC1C2CC=CC(=O)C(O)=C2C(=O)N([C@@H]2CCCOC2)CN1[C@@H]1c2ccccc2SCc2cccc(Cl)c21. The summed E-state index contributed by atoms with van der Waals surface area (Å²) in [7, 11) is 0. The molecule has 0 spiro atoms. The van der Waals surface area contributed by atoms with Crippen molar-refractivity contribution in [2.45, 2.75) is 55.0 Å². The minimum Gasteiger partial charge on any atom is -0.504 e. The van der Waals surface area contributed by atoms with Crippen molar-refractivity contribution < 1.29 is 19.4 Å². The van der Waals surface area contributed by atoms with Gasteiger partial charge in [-0.1, -0.05) is 48.0 Å². The van der Waals surface area contributed by atoms with E-state index in [0.29, 0.717) is 31.3 Å². The van der Waals surface area contributed by atoms with E-state index >= 15 is 0 Å². The van der Waals surface area contributed by atoms with Gasteiger partial charge in [0.25, 0.3) is 5.91 Å². The minimum atomic E-state index is -0.513. The lowest BCUT2D eigenvalue weighted by molar-refractivity contribution is -0.135. The third-order valence-corrected chi connectivity index (χ3v) is 9.82. The van der Waals surface area contributed by atoms with E-state index < -0.39 is 11.5 Å². The van der Waals surface area contributed by atoms with Crippen molar-refractivity contribution in [3.8, 4) is 0 Å². The summed E-state index contributed by atoms with van der Waals surface area (Å²) in [5.41, 5.74) is 3.60. The molecular weight excluding hydrogens is 520 g/mol. The highest BCUT2D eigenvalue weighted by molar-refractivity contribution is 7.98. The lowest BCUT2D eigenvalue weighted by Gasteiger charge is -2.42. The molecular formula is C30H31ClN2O4S. The summed E-state index contributed by atoms with van der Waals surface area (Å²) in [5.74, 6) is -0.767. The number of ketones is 1. The predicted octanol–water partition coefficient (Wildman–Crippen LogP) is 5.66. The van der Waals surface area contributed by atoms with E-state index in [9.17, 15) is 14.7 Å². The van der Waals surface area contributed by atoms with Crippen LogP contribution in [0.15, 0.2) is 70.8 Å². The van der Waals surface area contributed by atoms with E-state index in [1.165, 1.54) is 16.5 Å². The number of carbonyl (C=O) groups is 2. The summed E-state index contributed by atoms with van der Waals surface area (Å²) >= 11 is 8.76. The summed E-state index contributed by atoms with van der Waals surface area (Å²) in [6, 6.07) is 14.0. The quantitative estimate of drug-likeness (QED) is 0.520. The molecule has 2 aromatic rings. The summed E-state index contributed by atoms with van der Waals surface area (Å²) < 4.78 is 5.80. The van der Waals surface area contributed by atoms with E-state index in [1.807, 2.05) is 17.0 Å². The van der Waals surface area contributed by atoms with Gasteiger partial charge in [0.15, 0.2) is 5.76 Å². The van der Waals surface area contributed by atoms with Gasteiger partial charge in [-0.05, 0) is 61.1 Å². The lowest BCUT2D eigenvalue weighted by atomic mass is 9.85. The third-order valence-electron chi connectivity index (χ3n) is 8.35. The van der Waals surface area contributed by atoms with Gasteiger partial charge in [0.1, 0.15) is 0 Å². The fraction of sp³-hybridized carbons (Fsp3) is 0.400. The van der Waals surface area contributed by atoms with Crippen molar-refractivity contribution in [2.75, 3.05) is 19.9 Å². The number of thioether (sulfide) groups is 1. The predicted molar refractivity (Wildman–Crippen MR) is 148 cm³/mol. The van der Waals surface area contributed by atoms with Crippen molar-refractivity contribution in [1.29, 1.82) is 0 Å². The fourth-order valence-electron chi connectivity index (χ4n) is 6.35. The summed E-state index contributed by atoms with van der Waals surface area (Å²) in [5, 5.41) is 11.7. The van der Waals surface area contributed by atoms with Crippen molar-refractivity contribution in [1.82, 2.24) is 9.80 Å². The molecule has 0 radical (unpaired) electrons. The Morgan fingerprint density at radius 3 is 2.79 bits per heavy atom. The molecule has 3 heterocycles. The van der Waals surface area contributed by atoms with Gasteiger partial charge in [-0.3, -0.25) is 14.5 Å². The maximum absolute atomic E-state index is 14.2. The summed E-state index contributed by atoms with van der Waals surface area (Å²) in [6.07, 6.45) is 5.33. The smallest absolute Gasteiger partial charge is 0.255 e. The van der Waals surface area contributed by atoms with Crippen LogP contribution in [-0.4, -0.2) is 58.6 Å². The molecule has 0 aromatic heterocycles. The molecule has 2 fully saturated rings. The Balaban J connectivity index is 1.56. The largest absolute Gasteiger partial charge is 0.504 e. The molecule has 0 bridgehead atoms. The monoisotopic (exact) mass is 550 g/mol. The zero-order valence-electron chi connectivity index (χ0n) is 21.3. The molecule has 4 aliphatic rings. The lowest BCUT2D eigenvalue weighted by Crippen LogP contribution is -2.51. The number of halogens is 1. The van der Waals surface area contributed by atoms with Crippen LogP contribution in [0.3, 0.4) is 0 Å². The number of benzene rings is 2. The first-order valence-electron chi connectivity index (χ1n) is 13.2. The molecule has 3 aliphatic heterocycles. The van der Waals surface area contributed by atoms with Crippen molar-refractivity contribution >= 4 is 35.1 Å². The Labute approximate surface area is 232 Å². The van der Waals surface area contributed by atoms with Crippen molar-refractivity contribution in [3.05, 3.63) is 87.7 Å². The summed E-state index contributed by atoms with van der Waals surface area (Å²) in [6.45, 7) is 3.56. The molecule has 198 valence electrons. The first-order chi connectivity index (χ1) is 18.5. The Kier molecular flexibility index (Phi) is 7.12. The number of ether oxygens (including phenoxy) is 1. The summed E-state index contributed by atoms with van der Waals surface area (Å²) in [4.78, 5) is 32.3. The molecule has 8 heteroatoms. The highest BCUT2D eigenvalue weighted by Gasteiger charge is 2.46. The van der Waals surface area contributed by atoms with Gasteiger partial charge in [0, 0.05) is 34.2 Å². The molecule has 1 amide bonds. The zero-order chi connectivity index (χ0) is 26.4. The van der Waals surface area contributed by atoms with Crippen LogP contribution in [0.5, 0.6) is 0 Å². The van der Waals surface area contributed by atoms with Crippen LogP contribution in [-0.2, 0) is 20.1 Å². The van der Waals surface area contributed by atoms with Crippen LogP contribution in [0.4, 0.5) is 0 Å². The first kappa shape index (κ1) is 25.7. The topological polar surface area (TPSA) is 70.1 Å². The zero-order valence-corrected chi connectivity index (χ0v) is 22.9. The van der Waals surface area contributed by atoms with Gasteiger partial charge < -0.3 is 14.7 Å². The van der Waals surface area contributed by atoms with Gasteiger partial charge in [0.2, 0.25) is 5.78 Å². The molecule has 1 aliphatic carbocycles. The maximum atomic E-state index is 14.2. The van der Waals surface area contributed by atoms with Crippen LogP contribution < -0.4 is 0 Å². The molecule has 2 aromatic carbocycles. The number of fused-ring (bicyclic) bond motifs is 3. The number of rotatable bonds is 2. The molecule has 6 rings (SSSR count). The molecule has 1 N–H and O–H groups in total. The number of hydrogen-bond donors (Lipinski definition) is 1. The molecule has 2 saturated heterocycles. The van der Waals surface area contributed by atoms with Gasteiger partial charge in [-0.15, -0.1) is 11.8 Å². The van der Waals surface area contributed by atoms with Crippen LogP contribution in [0.2, 0.25) is 5.02 Å². The van der Waals surface area contributed by atoms with E-state index in [0.717, 1.165) is 29.7 Å². The second-order valence-electron chi connectivity index (χ2n) is 10.5. The second-order valence-corrected chi connectivity index (χ2v) is 11.9. The van der Waals surface area contributed by atoms with Gasteiger partial charge >= 0.3 is 0 Å². The Morgan fingerprint density at radius 2 is 1.97 bits per heavy atom. The van der Waals surface area contributed by atoms with E-state index in [-0.39, 0.29) is 35.5 Å².